The number of hydrogen-bond acceptors (Lipinski definition) is 3. The lowest BCUT2D eigenvalue weighted by molar-refractivity contribution is 0.0939. The first kappa shape index (κ1) is 27.9. The van der Waals surface area contributed by atoms with Crippen LogP contribution in [-0.2, 0) is 12.0 Å². The van der Waals surface area contributed by atoms with Gasteiger partial charge < -0.3 is 14.9 Å². The molecule has 6 rings (SSSR count). The van der Waals surface area contributed by atoms with Crippen LogP contribution in [0.3, 0.4) is 0 Å². The monoisotopic (exact) mass is 584 g/mol. The maximum absolute atomic E-state index is 12.5. The quantitative estimate of drug-likeness (QED) is 0.0731. The fourth-order valence-electron chi connectivity index (χ4n) is 5.55. The number of thiocarbonyl (C=S) groups is 1. The number of carbonyl (C=O) groups excluding carboxylic acids is 1. The Morgan fingerprint density at radius 1 is 0.791 bits per heavy atom. The third-order valence-corrected chi connectivity index (χ3v) is 7.80. The number of aromatic nitrogens is 3. The van der Waals surface area contributed by atoms with Crippen molar-refractivity contribution in [2.45, 2.75) is 18.4 Å². The Balaban J connectivity index is 1.11. The minimum absolute atomic E-state index is 0.287. The largest absolute Gasteiger partial charge is 0.361 e. The highest BCUT2D eigenvalue weighted by Crippen LogP contribution is 2.40. The maximum Gasteiger partial charge on any atom is 0.286 e. The number of carbonyl (C=O) groups is 1. The summed E-state index contributed by atoms with van der Waals surface area (Å²) in [4.78, 5) is 20.4. The second kappa shape index (κ2) is 12.8. The number of aryl methyl sites for hydroxylation is 1. The van der Waals surface area contributed by atoms with Gasteiger partial charge in [0, 0.05) is 23.6 Å². The molecule has 0 fully saturated rings. The summed E-state index contributed by atoms with van der Waals surface area (Å²) in [5, 5.41) is 4.49. The lowest BCUT2D eigenvalue weighted by Gasteiger charge is -2.37. The highest BCUT2D eigenvalue weighted by atomic mass is 32.1. The van der Waals surface area contributed by atoms with E-state index >= 15 is 0 Å². The van der Waals surface area contributed by atoms with Gasteiger partial charge in [0.1, 0.15) is 11.2 Å². The zero-order chi connectivity index (χ0) is 29.5. The fourth-order valence-corrected chi connectivity index (χ4v) is 5.71. The number of nitrogens with zero attached hydrogens (tertiary/aromatic N) is 2. The fraction of sp³-hybridized carbons (Fsp3) is 0.114. The van der Waals surface area contributed by atoms with E-state index in [4.69, 9.17) is 17.2 Å². The van der Waals surface area contributed by atoms with E-state index in [0.717, 1.165) is 46.1 Å². The van der Waals surface area contributed by atoms with Crippen LogP contribution in [0.15, 0.2) is 134 Å². The predicted molar refractivity (Wildman–Crippen MR) is 175 cm³/mol. The standard InChI is InChI=1S/C35H32N6OS/c42-33(32-23-26-13-10-11-21-31(26)38-32)39-40-34(43)36-22-12-20-30-24-41(25-37-30)35(27-14-4-1-5-15-27,28-16-6-2-7-17-28)29-18-8-3-9-19-29/h1-11,13-19,21,23-25,38H,12,20,22H2,(H,39,42)(H2,36,40,43). The van der Waals surface area contributed by atoms with Gasteiger partial charge in [-0.05, 0) is 53.9 Å². The number of amides is 1. The highest BCUT2D eigenvalue weighted by molar-refractivity contribution is 7.80. The topological polar surface area (TPSA) is 86.8 Å². The molecule has 4 aromatic carbocycles. The third kappa shape index (κ3) is 5.91. The van der Waals surface area contributed by atoms with Crippen LogP contribution in [0.25, 0.3) is 10.9 Å². The van der Waals surface area contributed by atoms with Crippen LogP contribution in [0.5, 0.6) is 0 Å². The van der Waals surface area contributed by atoms with Gasteiger partial charge in [0.15, 0.2) is 5.11 Å². The molecule has 0 aliphatic heterocycles. The molecular formula is C35H32N6OS. The van der Waals surface area contributed by atoms with E-state index in [-0.39, 0.29) is 5.91 Å². The SMILES string of the molecule is O=C(NNC(=S)NCCCc1cn(C(c2ccccc2)(c2ccccc2)c2ccccc2)cn1)c1cc2ccccc2[nH]1. The Morgan fingerprint density at radius 3 is 1.98 bits per heavy atom. The summed E-state index contributed by atoms with van der Waals surface area (Å²) in [6.07, 6.45) is 5.65. The average Bonchev–Trinajstić information content (AvgIpc) is 3.72. The van der Waals surface area contributed by atoms with Crippen molar-refractivity contribution >= 4 is 34.1 Å². The number of nitrogens with one attached hydrogen (secondary N) is 4. The van der Waals surface area contributed by atoms with Crippen molar-refractivity contribution in [3.8, 4) is 0 Å². The third-order valence-electron chi connectivity index (χ3n) is 7.56. The molecule has 214 valence electrons. The first-order valence-electron chi connectivity index (χ1n) is 14.3. The summed E-state index contributed by atoms with van der Waals surface area (Å²) in [5.74, 6) is -0.287. The molecular weight excluding hydrogens is 552 g/mol. The van der Waals surface area contributed by atoms with E-state index in [1.54, 1.807) is 0 Å². The molecule has 2 aromatic heterocycles. The summed E-state index contributed by atoms with van der Waals surface area (Å²) in [5.41, 5.74) is 10.7. The number of benzene rings is 4. The van der Waals surface area contributed by atoms with Crippen LogP contribution in [0.4, 0.5) is 0 Å². The normalized spacial score (nSPS) is 11.3. The van der Waals surface area contributed by atoms with Crippen LogP contribution >= 0.6 is 12.2 Å². The molecule has 0 spiro atoms. The van der Waals surface area contributed by atoms with E-state index in [1.165, 1.54) is 0 Å². The molecule has 0 saturated heterocycles. The summed E-state index contributed by atoms with van der Waals surface area (Å²) < 4.78 is 2.22. The van der Waals surface area contributed by atoms with Crippen LogP contribution in [0.1, 0.15) is 39.3 Å². The number of imidazole rings is 1. The zero-order valence-corrected chi connectivity index (χ0v) is 24.4. The molecule has 8 heteroatoms. The highest BCUT2D eigenvalue weighted by Gasteiger charge is 2.38. The summed E-state index contributed by atoms with van der Waals surface area (Å²) in [7, 11) is 0. The van der Waals surface area contributed by atoms with Crippen molar-refractivity contribution in [2.75, 3.05) is 6.54 Å². The van der Waals surface area contributed by atoms with Gasteiger partial charge in [0.2, 0.25) is 0 Å². The van der Waals surface area contributed by atoms with Crippen molar-refractivity contribution in [3.05, 3.63) is 162 Å². The summed E-state index contributed by atoms with van der Waals surface area (Å²) >= 11 is 5.37. The smallest absolute Gasteiger partial charge is 0.286 e. The molecule has 0 bridgehead atoms. The van der Waals surface area contributed by atoms with E-state index < -0.39 is 5.54 Å². The molecule has 0 aliphatic carbocycles. The summed E-state index contributed by atoms with van der Waals surface area (Å²) in [6.45, 7) is 0.627. The molecule has 43 heavy (non-hydrogen) atoms. The second-order valence-corrected chi connectivity index (χ2v) is 10.7. The van der Waals surface area contributed by atoms with Gasteiger partial charge in [-0.25, -0.2) is 4.98 Å². The number of hydrazine groups is 1. The van der Waals surface area contributed by atoms with E-state index in [0.29, 0.717) is 17.4 Å². The number of hydrogen-bond donors (Lipinski definition) is 4. The van der Waals surface area contributed by atoms with Crippen LogP contribution in [-0.4, -0.2) is 32.1 Å². The minimum atomic E-state index is -0.581. The molecule has 0 atom stereocenters. The number of H-pyrrole nitrogens is 1. The van der Waals surface area contributed by atoms with Gasteiger partial charge in [-0.1, -0.05) is 109 Å². The van der Waals surface area contributed by atoms with Gasteiger partial charge in [-0.2, -0.15) is 0 Å². The van der Waals surface area contributed by atoms with Crippen molar-refractivity contribution in [2.24, 2.45) is 0 Å². The van der Waals surface area contributed by atoms with Gasteiger partial charge >= 0.3 is 0 Å². The molecule has 4 N–H and O–H groups in total. The Hall–Kier alpha value is -5.21. The average molecular weight is 585 g/mol. The lowest BCUT2D eigenvalue weighted by Crippen LogP contribution is -2.47. The van der Waals surface area contributed by atoms with Gasteiger partial charge in [-0.3, -0.25) is 15.6 Å². The Bertz CT molecular complexity index is 1690. The second-order valence-electron chi connectivity index (χ2n) is 10.3. The van der Waals surface area contributed by atoms with Gasteiger partial charge in [0.05, 0.1) is 12.0 Å². The van der Waals surface area contributed by atoms with Crippen molar-refractivity contribution in [1.82, 2.24) is 30.7 Å². The van der Waals surface area contributed by atoms with Crippen LogP contribution in [0, 0.1) is 0 Å². The molecule has 1 amide bonds. The molecule has 2 heterocycles. The summed E-state index contributed by atoms with van der Waals surface area (Å²) in [6, 6.07) is 41.2. The Kier molecular flexibility index (Phi) is 8.28. The molecule has 0 unspecified atom stereocenters. The first-order valence-corrected chi connectivity index (χ1v) is 14.7. The van der Waals surface area contributed by atoms with Gasteiger partial charge in [-0.15, -0.1) is 0 Å². The number of rotatable bonds is 9. The van der Waals surface area contributed by atoms with Crippen LogP contribution in [0.2, 0.25) is 0 Å². The van der Waals surface area contributed by atoms with E-state index in [2.05, 4.69) is 105 Å². The molecule has 0 saturated carbocycles. The Labute approximate surface area is 256 Å². The number of fused-ring (bicyclic) bond motifs is 1. The molecule has 6 aromatic rings. The minimum Gasteiger partial charge on any atom is -0.361 e. The van der Waals surface area contributed by atoms with Gasteiger partial charge in [0.25, 0.3) is 5.91 Å². The van der Waals surface area contributed by atoms with Crippen molar-refractivity contribution < 1.29 is 4.79 Å². The first-order chi connectivity index (χ1) is 21.1. The molecule has 7 nitrogen and oxygen atoms in total. The van der Waals surface area contributed by atoms with Crippen LogP contribution < -0.4 is 16.2 Å². The van der Waals surface area contributed by atoms with Crippen molar-refractivity contribution in [1.29, 1.82) is 0 Å². The molecule has 0 aliphatic rings. The number of aromatic amines is 1. The van der Waals surface area contributed by atoms with E-state index in [1.807, 2.05) is 54.9 Å². The van der Waals surface area contributed by atoms with E-state index in [9.17, 15) is 4.79 Å². The maximum atomic E-state index is 12.5. The number of para-hydroxylation sites is 1. The Morgan fingerprint density at radius 2 is 1.37 bits per heavy atom. The zero-order valence-electron chi connectivity index (χ0n) is 23.5. The van der Waals surface area contributed by atoms with Crippen molar-refractivity contribution in [3.63, 3.8) is 0 Å². The predicted octanol–water partition coefficient (Wildman–Crippen LogP) is 5.95. The lowest BCUT2D eigenvalue weighted by atomic mass is 9.77. The molecule has 0 radical (unpaired) electrons.